The Balaban J connectivity index is 2.20. The van der Waals surface area contributed by atoms with E-state index < -0.39 is 22.5 Å². The molecule has 0 spiro atoms. The lowest BCUT2D eigenvalue weighted by Gasteiger charge is -2.22. The zero-order valence-electron chi connectivity index (χ0n) is 15.2. The first-order valence-electron chi connectivity index (χ1n) is 8.08. The molecule has 9 heteroatoms. The van der Waals surface area contributed by atoms with Crippen LogP contribution in [0.1, 0.15) is 6.92 Å². The van der Waals surface area contributed by atoms with Crippen molar-refractivity contribution in [2.45, 2.75) is 6.92 Å². The van der Waals surface area contributed by atoms with Gasteiger partial charge in [-0.15, -0.1) is 0 Å². The molecule has 0 bridgehead atoms. The third-order valence-electron chi connectivity index (χ3n) is 3.54. The third-order valence-corrected chi connectivity index (χ3v) is 4.98. The SMILES string of the molecule is CCOc1cccc(N(CC(=O)Nc2ccc(OC)c(Cl)c2)S(C)(=O)=O)c1. The van der Waals surface area contributed by atoms with Crippen LogP contribution in [0.15, 0.2) is 42.5 Å². The Hall–Kier alpha value is -2.45. The fourth-order valence-corrected chi connectivity index (χ4v) is 3.48. The number of hydrogen-bond donors (Lipinski definition) is 1. The number of halogens is 1. The van der Waals surface area contributed by atoms with Gasteiger partial charge in [-0.05, 0) is 37.3 Å². The molecule has 0 saturated carbocycles. The van der Waals surface area contributed by atoms with E-state index in [1.807, 2.05) is 6.92 Å². The molecule has 0 aliphatic rings. The molecule has 146 valence electrons. The molecule has 1 amide bonds. The maximum atomic E-state index is 12.4. The van der Waals surface area contributed by atoms with Crippen LogP contribution >= 0.6 is 11.6 Å². The Labute approximate surface area is 163 Å². The zero-order chi connectivity index (χ0) is 20.0. The molecule has 0 aliphatic heterocycles. The van der Waals surface area contributed by atoms with Crippen LogP contribution < -0.4 is 19.1 Å². The Morgan fingerprint density at radius 2 is 1.96 bits per heavy atom. The smallest absolute Gasteiger partial charge is 0.245 e. The molecule has 27 heavy (non-hydrogen) atoms. The number of anilines is 2. The van der Waals surface area contributed by atoms with E-state index in [0.29, 0.717) is 34.5 Å². The molecule has 0 aromatic heterocycles. The van der Waals surface area contributed by atoms with Gasteiger partial charge in [0.05, 0.1) is 30.7 Å². The van der Waals surface area contributed by atoms with Crippen molar-refractivity contribution in [2.75, 3.05) is 36.1 Å². The number of carbonyl (C=O) groups is 1. The van der Waals surface area contributed by atoms with Gasteiger partial charge in [-0.2, -0.15) is 0 Å². The van der Waals surface area contributed by atoms with Crippen LogP contribution in [-0.2, 0) is 14.8 Å². The van der Waals surface area contributed by atoms with Crippen molar-refractivity contribution in [1.29, 1.82) is 0 Å². The topological polar surface area (TPSA) is 84.9 Å². The van der Waals surface area contributed by atoms with Crippen LogP contribution in [0.4, 0.5) is 11.4 Å². The average Bonchev–Trinajstić information content (AvgIpc) is 2.59. The summed E-state index contributed by atoms with van der Waals surface area (Å²) in [6, 6.07) is 11.3. The fourth-order valence-electron chi connectivity index (χ4n) is 2.37. The molecule has 0 radical (unpaired) electrons. The van der Waals surface area contributed by atoms with Crippen molar-refractivity contribution in [3.8, 4) is 11.5 Å². The average molecular weight is 413 g/mol. The van der Waals surface area contributed by atoms with Crippen LogP contribution in [0.2, 0.25) is 5.02 Å². The van der Waals surface area contributed by atoms with Crippen molar-refractivity contribution >= 4 is 38.9 Å². The van der Waals surface area contributed by atoms with E-state index in [9.17, 15) is 13.2 Å². The number of nitrogens with zero attached hydrogens (tertiary/aromatic N) is 1. The minimum atomic E-state index is -3.68. The summed E-state index contributed by atoms with van der Waals surface area (Å²) in [4.78, 5) is 12.4. The van der Waals surface area contributed by atoms with Crippen LogP contribution in [0.5, 0.6) is 11.5 Å². The number of hydrogen-bond acceptors (Lipinski definition) is 5. The second-order valence-corrected chi connectivity index (χ2v) is 7.91. The summed E-state index contributed by atoms with van der Waals surface area (Å²) in [5.74, 6) is 0.481. The molecule has 7 nitrogen and oxygen atoms in total. The Morgan fingerprint density at radius 1 is 1.22 bits per heavy atom. The molecular weight excluding hydrogens is 392 g/mol. The summed E-state index contributed by atoms with van der Waals surface area (Å²) in [6.45, 7) is 1.88. The second kappa shape index (κ2) is 8.96. The molecule has 2 aromatic rings. The van der Waals surface area contributed by atoms with Gasteiger partial charge in [-0.25, -0.2) is 8.42 Å². The van der Waals surface area contributed by atoms with Crippen molar-refractivity contribution < 1.29 is 22.7 Å². The minimum Gasteiger partial charge on any atom is -0.495 e. The Kier molecular flexibility index (Phi) is 6.92. The zero-order valence-corrected chi connectivity index (χ0v) is 16.8. The van der Waals surface area contributed by atoms with Crippen LogP contribution in [0.25, 0.3) is 0 Å². The van der Waals surface area contributed by atoms with Crippen molar-refractivity contribution in [3.05, 3.63) is 47.5 Å². The molecule has 0 saturated heterocycles. The highest BCUT2D eigenvalue weighted by Crippen LogP contribution is 2.27. The molecule has 1 N–H and O–H groups in total. The standard InChI is InChI=1S/C18H21ClN2O5S/c1-4-26-15-7-5-6-14(11-15)21(27(3,23)24)12-18(22)20-13-8-9-17(25-2)16(19)10-13/h5-11H,4,12H2,1-3H3,(H,20,22). The highest BCUT2D eigenvalue weighted by Gasteiger charge is 2.21. The summed E-state index contributed by atoms with van der Waals surface area (Å²) in [5, 5.41) is 2.96. The van der Waals surface area contributed by atoms with E-state index in [0.717, 1.165) is 10.6 Å². The lowest BCUT2D eigenvalue weighted by Crippen LogP contribution is -2.37. The van der Waals surface area contributed by atoms with E-state index in [1.165, 1.54) is 13.2 Å². The summed E-state index contributed by atoms with van der Waals surface area (Å²) in [6.07, 6.45) is 1.04. The molecule has 2 aromatic carbocycles. The highest BCUT2D eigenvalue weighted by molar-refractivity contribution is 7.92. The maximum absolute atomic E-state index is 12.4. The molecule has 0 unspecified atom stereocenters. The summed E-state index contributed by atoms with van der Waals surface area (Å²) < 4.78 is 35.9. The number of carbonyl (C=O) groups excluding carboxylic acids is 1. The number of ether oxygens (including phenoxy) is 2. The number of nitrogens with one attached hydrogen (secondary N) is 1. The highest BCUT2D eigenvalue weighted by atomic mass is 35.5. The predicted molar refractivity (Wildman–Crippen MR) is 106 cm³/mol. The van der Waals surface area contributed by atoms with Gasteiger partial charge in [0.2, 0.25) is 15.9 Å². The van der Waals surface area contributed by atoms with E-state index in [-0.39, 0.29) is 0 Å². The van der Waals surface area contributed by atoms with E-state index in [1.54, 1.807) is 36.4 Å². The summed E-state index contributed by atoms with van der Waals surface area (Å²) >= 11 is 6.04. The molecular formula is C18H21ClN2O5S. The van der Waals surface area contributed by atoms with Gasteiger partial charge in [0.15, 0.2) is 0 Å². The first-order valence-corrected chi connectivity index (χ1v) is 10.3. The van der Waals surface area contributed by atoms with Gasteiger partial charge in [-0.3, -0.25) is 9.10 Å². The monoisotopic (exact) mass is 412 g/mol. The van der Waals surface area contributed by atoms with Gasteiger partial charge in [0.1, 0.15) is 18.0 Å². The third kappa shape index (κ3) is 5.77. The molecule has 2 rings (SSSR count). The van der Waals surface area contributed by atoms with Crippen molar-refractivity contribution in [3.63, 3.8) is 0 Å². The summed E-state index contributed by atoms with van der Waals surface area (Å²) in [7, 11) is -2.20. The molecule has 0 atom stereocenters. The van der Waals surface area contributed by atoms with E-state index in [4.69, 9.17) is 21.1 Å². The predicted octanol–water partition coefficient (Wildman–Crippen LogP) is 3.15. The normalized spacial score (nSPS) is 11.0. The lowest BCUT2D eigenvalue weighted by atomic mass is 10.3. The van der Waals surface area contributed by atoms with Gasteiger partial charge in [0.25, 0.3) is 0 Å². The first kappa shape index (κ1) is 20.9. The van der Waals surface area contributed by atoms with Gasteiger partial charge in [-0.1, -0.05) is 17.7 Å². The van der Waals surface area contributed by atoms with E-state index in [2.05, 4.69) is 5.32 Å². The van der Waals surface area contributed by atoms with E-state index >= 15 is 0 Å². The first-order chi connectivity index (χ1) is 12.7. The fraction of sp³-hybridized carbons (Fsp3) is 0.278. The van der Waals surface area contributed by atoms with Gasteiger partial charge in [0, 0.05) is 11.8 Å². The molecule has 0 heterocycles. The van der Waals surface area contributed by atoms with Crippen LogP contribution in [0.3, 0.4) is 0 Å². The van der Waals surface area contributed by atoms with Crippen LogP contribution in [0, 0.1) is 0 Å². The molecule has 0 aliphatic carbocycles. The Morgan fingerprint density at radius 3 is 2.56 bits per heavy atom. The minimum absolute atomic E-state index is 0.333. The van der Waals surface area contributed by atoms with Gasteiger partial charge < -0.3 is 14.8 Å². The number of rotatable bonds is 8. The lowest BCUT2D eigenvalue weighted by molar-refractivity contribution is -0.114. The van der Waals surface area contributed by atoms with Gasteiger partial charge >= 0.3 is 0 Å². The van der Waals surface area contributed by atoms with Crippen molar-refractivity contribution in [2.24, 2.45) is 0 Å². The van der Waals surface area contributed by atoms with Crippen molar-refractivity contribution in [1.82, 2.24) is 0 Å². The quantitative estimate of drug-likeness (QED) is 0.719. The Bertz CT molecular complexity index is 918. The number of sulfonamides is 1. The second-order valence-electron chi connectivity index (χ2n) is 5.60. The maximum Gasteiger partial charge on any atom is 0.245 e. The summed E-state index contributed by atoms with van der Waals surface area (Å²) in [5.41, 5.74) is 0.772. The number of amides is 1. The molecule has 0 fully saturated rings. The van der Waals surface area contributed by atoms with Crippen LogP contribution in [-0.4, -0.2) is 40.8 Å². The largest absolute Gasteiger partial charge is 0.495 e. The number of methoxy groups -OCH3 is 1. The number of benzene rings is 2.